The Morgan fingerprint density at radius 3 is 1.90 bits per heavy atom. The van der Waals surface area contributed by atoms with Gasteiger partial charge in [-0.25, -0.2) is 0 Å². The van der Waals surface area contributed by atoms with E-state index in [9.17, 15) is 0 Å². The van der Waals surface area contributed by atoms with Crippen LogP contribution in [0.5, 0.6) is 0 Å². The molecule has 1 unspecified atom stereocenters. The van der Waals surface area contributed by atoms with Crippen LogP contribution in [0.4, 0.5) is 0 Å². The summed E-state index contributed by atoms with van der Waals surface area (Å²) in [5, 5.41) is 11.5. The van der Waals surface area contributed by atoms with Crippen LogP contribution in [-0.2, 0) is 0 Å². The van der Waals surface area contributed by atoms with Crippen LogP contribution in [0.3, 0.4) is 0 Å². The fourth-order valence-corrected chi connectivity index (χ4v) is 2.28. The molecule has 0 spiro atoms. The molecule has 0 amide bonds. The molecule has 1 heterocycles. The lowest BCUT2D eigenvalue weighted by Gasteiger charge is -1.98. The molecular weight excluding hydrogens is 244 g/mol. The molecule has 1 aliphatic heterocycles. The first-order chi connectivity index (χ1) is 9.90. The average molecular weight is 264 g/mol. The quantitative estimate of drug-likeness (QED) is 0.894. The summed E-state index contributed by atoms with van der Waals surface area (Å²) in [5.74, 6) is 0.639. The smallest absolute Gasteiger partial charge is 0.0625 e. The number of nitriles is 1. The number of benzene rings is 2. The number of nitrogens with one attached hydrogen (secondary N) is 1. The second kappa shape index (κ2) is 8.14. The highest BCUT2D eigenvalue weighted by atomic mass is 14.9. The number of rotatable bonds is 2. The fourth-order valence-electron chi connectivity index (χ4n) is 2.28. The minimum Gasteiger partial charge on any atom is -0.316 e. The molecular formula is C18H20N2. The van der Waals surface area contributed by atoms with Crippen LogP contribution in [0.15, 0.2) is 60.7 Å². The van der Waals surface area contributed by atoms with Crippen molar-refractivity contribution in [1.29, 1.82) is 5.26 Å². The van der Waals surface area contributed by atoms with Gasteiger partial charge in [0, 0.05) is 6.42 Å². The Morgan fingerprint density at radius 2 is 1.50 bits per heavy atom. The van der Waals surface area contributed by atoms with Gasteiger partial charge in [-0.05, 0) is 36.6 Å². The van der Waals surface area contributed by atoms with E-state index in [1.165, 1.54) is 17.5 Å². The summed E-state index contributed by atoms with van der Waals surface area (Å²) < 4.78 is 0. The first-order valence-electron chi connectivity index (χ1n) is 7.08. The van der Waals surface area contributed by atoms with Crippen LogP contribution in [-0.4, -0.2) is 13.1 Å². The summed E-state index contributed by atoms with van der Waals surface area (Å²) in [7, 11) is 0. The van der Waals surface area contributed by atoms with Crippen molar-refractivity contribution in [1.82, 2.24) is 5.32 Å². The van der Waals surface area contributed by atoms with Gasteiger partial charge in [0.1, 0.15) is 0 Å². The van der Waals surface area contributed by atoms with Gasteiger partial charge in [-0.2, -0.15) is 5.26 Å². The third kappa shape index (κ3) is 4.53. The monoisotopic (exact) mass is 264 g/mol. The zero-order valence-corrected chi connectivity index (χ0v) is 11.6. The van der Waals surface area contributed by atoms with Gasteiger partial charge in [-0.15, -0.1) is 0 Å². The minimum absolute atomic E-state index is 0.639. The van der Waals surface area contributed by atoms with Crippen molar-refractivity contribution < 1.29 is 0 Å². The summed E-state index contributed by atoms with van der Waals surface area (Å²) in [6, 6.07) is 23.0. The second-order valence-corrected chi connectivity index (χ2v) is 4.95. The molecule has 1 N–H and O–H groups in total. The first kappa shape index (κ1) is 14.3. The molecule has 2 nitrogen and oxygen atoms in total. The lowest BCUT2D eigenvalue weighted by atomic mass is 10.1. The molecule has 2 heteroatoms. The van der Waals surface area contributed by atoms with E-state index in [4.69, 9.17) is 5.26 Å². The lowest BCUT2D eigenvalue weighted by molar-refractivity contribution is 0.599. The summed E-state index contributed by atoms with van der Waals surface area (Å²) in [6.07, 6.45) is 1.92. The number of hydrogen-bond donors (Lipinski definition) is 1. The van der Waals surface area contributed by atoms with Crippen molar-refractivity contribution in [3.05, 3.63) is 60.7 Å². The van der Waals surface area contributed by atoms with Gasteiger partial charge in [0.25, 0.3) is 0 Å². The van der Waals surface area contributed by atoms with Crippen LogP contribution < -0.4 is 5.32 Å². The third-order valence-corrected chi connectivity index (χ3v) is 3.42. The van der Waals surface area contributed by atoms with Crippen LogP contribution in [0.2, 0.25) is 0 Å². The Kier molecular flexibility index (Phi) is 5.82. The molecule has 0 aliphatic carbocycles. The molecule has 3 rings (SSSR count). The molecule has 1 fully saturated rings. The molecule has 20 heavy (non-hydrogen) atoms. The molecule has 0 bridgehead atoms. The van der Waals surface area contributed by atoms with Gasteiger partial charge < -0.3 is 5.32 Å². The van der Waals surface area contributed by atoms with E-state index in [1.54, 1.807) is 0 Å². The van der Waals surface area contributed by atoms with Crippen LogP contribution in [0.25, 0.3) is 11.1 Å². The van der Waals surface area contributed by atoms with Gasteiger partial charge >= 0.3 is 0 Å². The molecule has 102 valence electrons. The maximum absolute atomic E-state index is 8.25. The molecule has 1 atom stereocenters. The van der Waals surface area contributed by atoms with Crippen molar-refractivity contribution in [2.24, 2.45) is 5.92 Å². The normalized spacial score (nSPS) is 16.9. The number of hydrogen-bond acceptors (Lipinski definition) is 2. The van der Waals surface area contributed by atoms with Crippen molar-refractivity contribution in [3.8, 4) is 17.2 Å². The average Bonchev–Trinajstić information content (AvgIpc) is 3.03. The van der Waals surface area contributed by atoms with E-state index in [2.05, 4.69) is 59.9 Å². The Hall–Kier alpha value is -2.11. The Balaban J connectivity index is 0.000000160. The van der Waals surface area contributed by atoms with Crippen molar-refractivity contribution in [2.75, 3.05) is 13.1 Å². The van der Waals surface area contributed by atoms with E-state index < -0.39 is 0 Å². The van der Waals surface area contributed by atoms with Crippen LogP contribution >= 0.6 is 0 Å². The van der Waals surface area contributed by atoms with E-state index in [-0.39, 0.29) is 0 Å². The first-order valence-corrected chi connectivity index (χ1v) is 7.08. The number of nitrogens with zero attached hydrogens (tertiary/aromatic N) is 1. The Bertz CT molecular complexity index is 485. The molecule has 2 aromatic carbocycles. The summed E-state index contributed by atoms with van der Waals surface area (Å²) in [4.78, 5) is 0. The minimum atomic E-state index is 0.639. The highest BCUT2D eigenvalue weighted by molar-refractivity contribution is 5.62. The predicted molar refractivity (Wildman–Crippen MR) is 83.1 cm³/mol. The van der Waals surface area contributed by atoms with Crippen molar-refractivity contribution in [3.63, 3.8) is 0 Å². The molecule has 0 radical (unpaired) electrons. The SMILES string of the molecule is N#CCC1CCNC1.c1ccc(-c2ccccc2)cc1. The van der Waals surface area contributed by atoms with E-state index in [0.717, 1.165) is 19.5 Å². The molecule has 1 saturated heterocycles. The highest BCUT2D eigenvalue weighted by Crippen LogP contribution is 2.17. The maximum Gasteiger partial charge on any atom is 0.0625 e. The van der Waals surface area contributed by atoms with Crippen LogP contribution in [0.1, 0.15) is 12.8 Å². The maximum atomic E-state index is 8.25. The van der Waals surface area contributed by atoms with E-state index >= 15 is 0 Å². The molecule has 1 aliphatic rings. The molecule has 0 saturated carbocycles. The van der Waals surface area contributed by atoms with E-state index in [1.807, 2.05) is 12.1 Å². The third-order valence-electron chi connectivity index (χ3n) is 3.42. The van der Waals surface area contributed by atoms with Gasteiger partial charge in [0.05, 0.1) is 6.07 Å². The zero-order chi connectivity index (χ0) is 14.0. The summed E-state index contributed by atoms with van der Waals surface area (Å²) in [5.41, 5.74) is 2.55. The van der Waals surface area contributed by atoms with Gasteiger partial charge in [-0.3, -0.25) is 0 Å². The molecule has 0 aromatic heterocycles. The second-order valence-electron chi connectivity index (χ2n) is 4.95. The topological polar surface area (TPSA) is 35.8 Å². The highest BCUT2D eigenvalue weighted by Gasteiger charge is 2.12. The largest absolute Gasteiger partial charge is 0.316 e. The summed E-state index contributed by atoms with van der Waals surface area (Å²) >= 11 is 0. The summed E-state index contributed by atoms with van der Waals surface area (Å²) in [6.45, 7) is 2.15. The standard InChI is InChI=1S/C12H10.C6H10N2/c1-3-7-11(8-4-1)12-9-5-2-6-10-12;7-3-1-6-2-4-8-5-6/h1-10H;6,8H,1-2,4-5H2. The van der Waals surface area contributed by atoms with E-state index in [0.29, 0.717) is 5.92 Å². The van der Waals surface area contributed by atoms with Gasteiger partial charge in [0.15, 0.2) is 0 Å². The zero-order valence-electron chi connectivity index (χ0n) is 11.6. The van der Waals surface area contributed by atoms with Gasteiger partial charge in [0.2, 0.25) is 0 Å². The predicted octanol–water partition coefficient (Wildman–Crippen LogP) is 3.86. The van der Waals surface area contributed by atoms with Crippen molar-refractivity contribution >= 4 is 0 Å². The lowest BCUT2D eigenvalue weighted by Crippen LogP contribution is -2.08. The Labute approximate surface area is 121 Å². The Morgan fingerprint density at radius 1 is 0.950 bits per heavy atom. The van der Waals surface area contributed by atoms with Gasteiger partial charge in [-0.1, -0.05) is 60.7 Å². The van der Waals surface area contributed by atoms with Crippen molar-refractivity contribution in [2.45, 2.75) is 12.8 Å². The van der Waals surface area contributed by atoms with Crippen LogP contribution in [0, 0.1) is 17.2 Å². The molecule has 2 aromatic rings. The fraction of sp³-hybridized carbons (Fsp3) is 0.278.